The van der Waals surface area contributed by atoms with Crippen LogP contribution in [0, 0.1) is 11.2 Å². The molecule has 3 aromatic rings. The molecule has 1 aliphatic carbocycles. The average Bonchev–Trinajstić information content (AvgIpc) is 3.34. The average molecular weight is 454 g/mol. The number of amides is 2. The second-order valence-corrected chi connectivity index (χ2v) is 8.81. The minimum atomic E-state index is -0.715. The van der Waals surface area contributed by atoms with Gasteiger partial charge in [-0.2, -0.15) is 15.2 Å². The first-order chi connectivity index (χ1) is 15.4. The zero-order valence-corrected chi connectivity index (χ0v) is 18.1. The molecule has 2 aromatic carbocycles. The summed E-state index contributed by atoms with van der Waals surface area (Å²) >= 11 is 6.16. The lowest BCUT2D eigenvalue weighted by Crippen LogP contribution is -2.47. The topological polar surface area (TPSA) is 90.4 Å². The fourth-order valence-electron chi connectivity index (χ4n) is 4.64. The monoisotopic (exact) mass is 453 g/mol. The number of anilines is 1. The van der Waals surface area contributed by atoms with Crippen LogP contribution in [-0.4, -0.2) is 33.8 Å². The Kier molecular flexibility index (Phi) is 4.97. The van der Waals surface area contributed by atoms with E-state index in [2.05, 4.69) is 20.6 Å². The maximum Gasteiger partial charge on any atom is 0.259 e. The number of halogens is 2. The lowest BCUT2D eigenvalue weighted by Gasteiger charge is -2.36. The van der Waals surface area contributed by atoms with Crippen LogP contribution < -0.4 is 10.3 Å². The van der Waals surface area contributed by atoms with Crippen LogP contribution in [-0.2, 0) is 4.79 Å². The number of carbonyl (C=O) groups excluding carboxylic acids is 2. The number of benzene rings is 2. The van der Waals surface area contributed by atoms with Crippen molar-refractivity contribution < 1.29 is 14.0 Å². The van der Waals surface area contributed by atoms with E-state index in [1.165, 1.54) is 23.2 Å². The van der Waals surface area contributed by atoms with Gasteiger partial charge in [-0.15, -0.1) is 0 Å². The highest BCUT2D eigenvalue weighted by Crippen LogP contribution is 2.45. The molecule has 2 amide bonds. The molecule has 7 nitrogen and oxygen atoms in total. The maximum absolute atomic E-state index is 13.4. The van der Waals surface area contributed by atoms with Gasteiger partial charge in [0.2, 0.25) is 0 Å². The van der Waals surface area contributed by atoms with Gasteiger partial charge in [0.15, 0.2) is 0 Å². The van der Waals surface area contributed by atoms with Gasteiger partial charge < -0.3 is 5.32 Å². The van der Waals surface area contributed by atoms with Crippen LogP contribution in [0.15, 0.2) is 47.7 Å². The van der Waals surface area contributed by atoms with E-state index < -0.39 is 11.2 Å². The number of aromatic amines is 1. The third-order valence-corrected chi connectivity index (χ3v) is 6.86. The number of nitrogens with zero attached hydrogens (tertiary/aromatic N) is 3. The van der Waals surface area contributed by atoms with Crippen molar-refractivity contribution in [2.24, 2.45) is 10.5 Å². The second kappa shape index (κ2) is 7.70. The number of nitrogens with one attached hydrogen (secondary N) is 2. The van der Waals surface area contributed by atoms with E-state index in [-0.39, 0.29) is 22.9 Å². The summed E-state index contributed by atoms with van der Waals surface area (Å²) in [6.45, 7) is 1.84. The highest BCUT2D eigenvalue weighted by atomic mass is 35.5. The van der Waals surface area contributed by atoms with Crippen LogP contribution in [0.3, 0.4) is 0 Å². The Labute approximate surface area is 188 Å². The summed E-state index contributed by atoms with van der Waals surface area (Å²) in [5, 5.41) is 16.8. The molecule has 0 unspecified atom stereocenters. The summed E-state index contributed by atoms with van der Waals surface area (Å²) in [6.07, 6.45) is 4.16. The van der Waals surface area contributed by atoms with E-state index >= 15 is 0 Å². The Morgan fingerprint density at radius 2 is 2.03 bits per heavy atom. The number of fused-ring (bicyclic) bond motifs is 1. The van der Waals surface area contributed by atoms with Gasteiger partial charge in [0.1, 0.15) is 5.82 Å². The van der Waals surface area contributed by atoms with E-state index in [0.29, 0.717) is 36.9 Å². The van der Waals surface area contributed by atoms with Crippen molar-refractivity contribution in [1.29, 1.82) is 0 Å². The lowest BCUT2D eigenvalue weighted by atomic mass is 9.69. The molecule has 1 fully saturated rings. The molecule has 0 saturated heterocycles. The van der Waals surface area contributed by atoms with Crippen molar-refractivity contribution >= 4 is 45.7 Å². The second-order valence-electron chi connectivity index (χ2n) is 8.40. The summed E-state index contributed by atoms with van der Waals surface area (Å²) < 4.78 is 13.4. The van der Waals surface area contributed by atoms with Gasteiger partial charge in [0.05, 0.1) is 33.6 Å². The predicted octanol–water partition coefficient (Wildman–Crippen LogP) is 4.44. The van der Waals surface area contributed by atoms with Crippen molar-refractivity contribution in [1.82, 2.24) is 15.5 Å². The Balaban J connectivity index is 1.27. The van der Waals surface area contributed by atoms with Crippen LogP contribution in [0.2, 0.25) is 5.02 Å². The third-order valence-electron chi connectivity index (χ3n) is 6.56. The van der Waals surface area contributed by atoms with E-state index in [1.54, 1.807) is 18.3 Å². The third kappa shape index (κ3) is 3.35. The highest BCUT2D eigenvalue weighted by molar-refractivity contribution is 6.34. The van der Waals surface area contributed by atoms with Gasteiger partial charge in [-0.1, -0.05) is 17.7 Å². The molecule has 1 spiro atoms. The van der Waals surface area contributed by atoms with Gasteiger partial charge in [-0.05, 0) is 62.9 Å². The molecule has 32 heavy (non-hydrogen) atoms. The van der Waals surface area contributed by atoms with Crippen LogP contribution in [0.25, 0.3) is 10.9 Å². The fourth-order valence-corrected chi connectivity index (χ4v) is 4.89. The number of hydrogen-bond donors (Lipinski definition) is 2. The Hall–Kier alpha value is -3.26. The molecule has 0 bridgehead atoms. The Morgan fingerprint density at radius 1 is 1.25 bits per heavy atom. The van der Waals surface area contributed by atoms with E-state index in [1.807, 2.05) is 13.0 Å². The molecular formula is C23H21ClFN5O2. The Bertz CT molecular complexity index is 1260. The standard InChI is InChI=1S/C23H21ClFN5O2/c1-13-23(22(32)30(29-13)20-5-4-16(25)11-18(20)24)8-6-17(7-9-23)27-21(31)14-2-3-15-12-26-28-19(15)10-14/h2-5,10-12,17H,6-9H2,1H3,(H,26,28)(H,27,31). The van der Waals surface area contributed by atoms with E-state index in [0.717, 1.165) is 16.6 Å². The van der Waals surface area contributed by atoms with Crippen LogP contribution in [0.4, 0.5) is 10.1 Å². The predicted molar refractivity (Wildman–Crippen MR) is 120 cm³/mol. The van der Waals surface area contributed by atoms with Crippen molar-refractivity contribution in [3.8, 4) is 0 Å². The zero-order chi connectivity index (χ0) is 22.5. The molecule has 2 N–H and O–H groups in total. The fraction of sp³-hybridized carbons (Fsp3) is 0.304. The van der Waals surface area contributed by atoms with Crippen molar-refractivity contribution in [2.75, 3.05) is 5.01 Å². The van der Waals surface area contributed by atoms with Crippen molar-refractivity contribution in [2.45, 2.75) is 38.6 Å². The van der Waals surface area contributed by atoms with Gasteiger partial charge >= 0.3 is 0 Å². The molecule has 1 aliphatic heterocycles. The van der Waals surface area contributed by atoms with Crippen molar-refractivity contribution in [3.05, 3.63) is 59.0 Å². The first-order valence-corrected chi connectivity index (χ1v) is 10.8. The molecule has 1 aromatic heterocycles. The normalized spacial score (nSPS) is 23.1. The molecule has 164 valence electrons. The number of rotatable bonds is 3. The number of H-pyrrole nitrogens is 1. The first-order valence-electron chi connectivity index (χ1n) is 10.5. The Morgan fingerprint density at radius 3 is 2.78 bits per heavy atom. The quantitative estimate of drug-likeness (QED) is 0.614. The summed E-state index contributed by atoms with van der Waals surface area (Å²) in [7, 11) is 0. The summed E-state index contributed by atoms with van der Waals surface area (Å²) in [5.74, 6) is -0.771. The SMILES string of the molecule is CC1=NN(c2ccc(F)cc2Cl)C(=O)C12CCC(NC(=O)c1ccc3cn[nH]c3c1)CC2. The molecule has 2 heterocycles. The number of hydrazone groups is 1. The number of carbonyl (C=O) groups is 2. The largest absolute Gasteiger partial charge is 0.349 e. The summed E-state index contributed by atoms with van der Waals surface area (Å²) in [5.41, 5.74) is 1.75. The molecule has 5 rings (SSSR count). The molecule has 0 atom stereocenters. The van der Waals surface area contributed by atoms with Crippen LogP contribution in [0.5, 0.6) is 0 Å². The van der Waals surface area contributed by atoms with Gasteiger partial charge in [0, 0.05) is 17.0 Å². The van der Waals surface area contributed by atoms with Crippen LogP contribution >= 0.6 is 11.6 Å². The number of hydrogen-bond acceptors (Lipinski definition) is 4. The summed E-state index contributed by atoms with van der Waals surface area (Å²) in [6, 6.07) is 9.28. The molecular weight excluding hydrogens is 433 g/mol. The van der Waals surface area contributed by atoms with Gasteiger partial charge in [-0.25, -0.2) is 4.39 Å². The zero-order valence-electron chi connectivity index (χ0n) is 17.4. The molecule has 0 radical (unpaired) electrons. The highest BCUT2D eigenvalue weighted by Gasteiger charge is 2.51. The first kappa shape index (κ1) is 20.6. The number of aromatic nitrogens is 2. The van der Waals surface area contributed by atoms with Gasteiger partial charge in [-0.3, -0.25) is 14.7 Å². The summed E-state index contributed by atoms with van der Waals surface area (Å²) in [4.78, 5) is 26.1. The molecule has 2 aliphatic rings. The van der Waals surface area contributed by atoms with Crippen LogP contribution in [0.1, 0.15) is 43.0 Å². The van der Waals surface area contributed by atoms with E-state index in [4.69, 9.17) is 11.6 Å². The smallest absolute Gasteiger partial charge is 0.259 e. The van der Waals surface area contributed by atoms with E-state index in [9.17, 15) is 14.0 Å². The van der Waals surface area contributed by atoms with Crippen molar-refractivity contribution in [3.63, 3.8) is 0 Å². The molecule has 9 heteroatoms. The van der Waals surface area contributed by atoms with Gasteiger partial charge in [0.25, 0.3) is 11.8 Å². The minimum Gasteiger partial charge on any atom is -0.349 e. The maximum atomic E-state index is 13.4. The molecule has 1 saturated carbocycles. The minimum absolute atomic E-state index is 0.0327. The lowest BCUT2D eigenvalue weighted by molar-refractivity contribution is -0.125.